The third-order valence-electron chi connectivity index (χ3n) is 5.34. The van der Waals surface area contributed by atoms with E-state index in [-0.39, 0.29) is 40.8 Å². The second kappa shape index (κ2) is 9.45. The number of sulfonamides is 1. The van der Waals surface area contributed by atoms with E-state index in [1.807, 2.05) is 0 Å². The Hall–Kier alpha value is -3.31. The zero-order chi connectivity index (χ0) is 23.5. The first-order valence-corrected chi connectivity index (χ1v) is 11.5. The molecular weight excluding hydrogens is 436 g/mol. The first-order valence-electron chi connectivity index (χ1n) is 10.1. The van der Waals surface area contributed by atoms with Crippen LogP contribution in [0, 0.1) is 10.1 Å². The van der Waals surface area contributed by atoms with Gasteiger partial charge in [-0.3, -0.25) is 19.7 Å². The van der Waals surface area contributed by atoms with Crippen molar-refractivity contribution in [3.8, 4) is 0 Å². The summed E-state index contributed by atoms with van der Waals surface area (Å²) in [5.74, 6) is -0.685. The molecule has 1 aliphatic rings. The lowest BCUT2D eigenvalue weighted by atomic mass is 10.1. The molecule has 1 fully saturated rings. The predicted molar refractivity (Wildman–Crippen MR) is 118 cm³/mol. The molecule has 32 heavy (non-hydrogen) atoms. The van der Waals surface area contributed by atoms with Crippen molar-refractivity contribution in [2.24, 2.45) is 0 Å². The van der Waals surface area contributed by atoms with Gasteiger partial charge < -0.3 is 10.2 Å². The average molecular weight is 461 g/mol. The van der Waals surface area contributed by atoms with Gasteiger partial charge in [0, 0.05) is 56.0 Å². The zero-order valence-electron chi connectivity index (χ0n) is 17.8. The van der Waals surface area contributed by atoms with Crippen molar-refractivity contribution >= 4 is 33.2 Å². The summed E-state index contributed by atoms with van der Waals surface area (Å²) in [6, 6.07) is 10.0. The van der Waals surface area contributed by atoms with E-state index in [0.717, 1.165) is 0 Å². The number of anilines is 1. The Kier molecular flexibility index (Phi) is 6.90. The molecule has 2 amide bonds. The second-order valence-corrected chi connectivity index (χ2v) is 9.28. The number of carbonyl (C=O) groups excluding carboxylic acids is 2. The highest BCUT2D eigenvalue weighted by molar-refractivity contribution is 7.89. The van der Waals surface area contributed by atoms with Crippen molar-refractivity contribution in [2.45, 2.75) is 25.2 Å². The van der Waals surface area contributed by atoms with Crippen LogP contribution in [-0.4, -0.2) is 60.5 Å². The normalized spacial score (nSPS) is 14.8. The van der Waals surface area contributed by atoms with Crippen molar-refractivity contribution in [2.75, 3.05) is 31.5 Å². The SMILES string of the molecule is CCc1ccc(NC(=O)c2cccc(S(=O)(=O)N3CCN(C(C)=O)CC3)c2)cc1[N+](=O)[O-]. The number of benzene rings is 2. The quantitative estimate of drug-likeness (QED) is 0.520. The van der Waals surface area contributed by atoms with Crippen molar-refractivity contribution in [3.05, 3.63) is 63.7 Å². The van der Waals surface area contributed by atoms with Gasteiger partial charge in [0.05, 0.1) is 9.82 Å². The minimum atomic E-state index is -3.84. The molecule has 1 heterocycles. The number of nitrogens with one attached hydrogen (secondary N) is 1. The molecule has 1 saturated heterocycles. The molecule has 0 aromatic heterocycles. The fourth-order valence-electron chi connectivity index (χ4n) is 3.50. The van der Waals surface area contributed by atoms with Crippen LogP contribution in [0.4, 0.5) is 11.4 Å². The monoisotopic (exact) mass is 460 g/mol. The summed E-state index contributed by atoms with van der Waals surface area (Å²) in [7, 11) is -3.84. The summed E-state index contributed by atoms with van der Waals surface area (Å²) in [5, 5.41) is 13.8. The standard InChI is InChI=1S/C21H24N4O6S/c1-3-16-7-8-18(14-20(16)25(28)29)22-21(27)17-5-4-6-19(13-17)32(30,31)24-11-9-23(10-12-24)15(2)26/h4-8,13-14H,3,9-12H2,1-2H3,(H,22,27). The van der Waals surface area contributed by atoms with Gasteiger partial charge in [0.2, 0.25) is 15.9 Å². The smallest absolute Gasteiger partial charge is 0.274 e. The Morgan fingerprint density at radius 2 is 1.78 bits per heavy atom. The number of nitro groups is 1. The molecule has 0 radical (unpaired) electrons. The number of aryl methyl sites for hydroxylation is 1. The van der Waals surface area contributed by atoms with Crippen LogP contribution in [0.15, 0.2) is 47.4 Å². The summed E-state index contributed by atoms with van der Waals surface area (Å²) in [5.41, 5.74) is 0.806. The average Bonchev–Trinajstić information content (AvgIpc) is 2.79. The summed E-state index contributed by atoms with van der Waals surface area (Å²) in [6.07, 6.45) is 0.477. The molecule has 0 atom stereocenters. The summed E-state index contributed by atoms with van der Waals surface area (Å²) < 4.78 is 27.3. The van der Waals surface area contributed by atoms with Crippen molar-refractivity contribution in [1.82, 2.24) is 9.21 Å². The number of piperazine rings is 1. The maximum absolute atomic E-state index is 13.0. The second-order valence-electron chi connectivity index (χ2n) is 7.35. The molecule has 170 valence electrons. The molecule has 2 aromatic carbocycles. The number of hydrogen-bond acceptors (Lipinski definition) is 6. The zero-order valence-corrected chi connectivity index (χ0v) is 18.6. The molecule has 1 aliphatic heterocycles. The molecule has 2 aromatic rings. The van der Waals surface area contributed by atoms with Gasteiger partial charge in [-0.15, -0.1) is 0 Å². The van der Waals surface area contributed by atoms with Crippen LogP contribution < -0.4 is 5.32 Å². The molecule has 3 rings (SSSR count). The minimum absolute atomic E-state index is 0.0336. The van der Waals surface area contributed by atoms with Crippen LogP contribution in [0.3, 0.4) is 0 Å². The Morgan fingerprint density at radius 1 is 1.09 bits per heavy atom. The van der Waals surface area contributed by atoms with Gasteiger partial charge in [-0.2, -0.15) is 4.31 Å². The molecular formula is C21H24N4O6S. The van der Waals surface area contributed by atoms with Gasteiger partial charge in [0.1, 0.15) is 0 Å². The third-order valence-corrected chi connectivity index (χ3v) is 7.23. The molecule has 0 unspecified atom stereocenters. The number of nitro benzene ring substituents is 1. The molecule has 0 saturated carbocycles. The minimum Gasteiger partial charge on any atom is -0.340 e. The van der Waals surface area contributed by atoms with Crippen LogP contribution in [0.5, 0.6) is 0 Å². The third kappa shape index (κ3) is 4.94. The van der Waals surface area contributed by atoms with E-state index in [1.54, 1.807) is 24.0 Å². The molecule has 0 spiro atoms. The highest BCUT2D eigenvalue weighted by Crippen LogP contribution is 2.25. The molecule has 0 aliphatic carbocycles. The van der Waals surface area contributed by atoms with Gasteiger partial charge in [-0.05, 0) is 30.7 Å². The predicted octanol–water partition coefficient (Wildman–Crippen LogP) is 2.26. The van der Waals surface area contributed by atoms with E-state index in [0.29, 0.717) is 25.1 Å². The number of nitrogens with zero attached hydrogens (tertiary/aromatic N) is 3. The molecule has 0 bridgehead atoms. The first kappa shape index (κ1) is 23.4. The largest absolute Gasteiger partial charge is 0.340 e. The van der Waals surface area contributed by atoms with Gasteiger partial charge >= 0.3 is 0 Å². The molecule has 1 N–H and O–H groups in total. The summed E-state index contributed by atoms with van der Waals surface area (Å²) in [4.78, 5) is 36.4. The lowest BCUT2D eigenvalue weighted by Crippen LogP contribution is -2.49. The summed E-state index contributed by atoms with van der Waals surface area (Å²) in [6.45, 7) is 4.20. The number of hydrogen-bond donors (Lipinski definition) is 1. The van der Waals surface area contributed by atoms with E-state index in [4.69, 9.17) is 0 Å². The van der Waals surface area contributed by atoms with Crippen molar-refractivity contribution < 1.29 is 22.9 Å². The van der Waals surface area contributed by atoms with E-state index >= 15 is 0 Å². The van der Waals surface area contributed by atoms with E-state index in [9.17, 15) is 28.1 Å². The van der Waals surface area contributed by atoms with Crippen molar-refractivity contribution in [3.63, 3.8) is 0 Å². The number of rotatable bonds is 6. The maximum Gasteiger partial charge on any atom is 0.274 e. The van der Waals surface area contributed by atoms with E-state index < -0.39 is 20.9 Å². The first-order chi connectivity index (χ1) is 15.1. The number of carbonyl (C=O) groups is 2. The lowest BCUT2D eigenvalue weighted by molar-refractivity contribution is -0.385. The fraction of sp³-hybridized carbons (Fsp3) is 0.333. The molecule has 10 nitrogen and oxygen atoms in total. The van der Waals surface area contributed by atoms with Crippen LogP contribution in [-0.2, 0) is 21.2 Å². The van der Waals surface area contributed by atoms with Crippen LogP contribution in [0.2, 0.25) is 0 Å². The van der Waals surface area contributed by atoms with Gasteiger partial charge in [0.15, 0.2) is 0 Å². The van der Waals surface area contributed by atoms with Gasteiger partial charge in [-0.25, -0.2) is 8.42 Å². The topological polar surface area (TPSA) is 130 Å². The van der Waals surface area contributed by atoms with Crippen LogP contribution in [0.25, 0.3) is 0 Å². The fourth-order valence-corrected chi connectivity index (χ4v) is 4.97. The van der Waals surface area contributed by atoms with Crippen LogP contribution >= 0.6 is 0 Å². The lowest BCUT2D eigenvalue weighted by Gasteiger charge is -2.33. The number of amides is 2. The summed E-state index contributed by atoms with van der Waals surface area (Å²) >= 11 is 0. The Balaban J connectivity index is 1.78. The van der Waals surface area contributed by atoms with Gasteiger partial charge in [0.25, 0.3) is 11.6 Å². The van der Waals surface area contributed by atoms with Crippen molar-refractivity contribution in [1.29, 1.82) is 0 Å². The van der Waals surface area contributed by atoms with E-state index in [1.165, 1.54) is 41.6 Å². The van der Waals surface area contributed by atoms with E-state index in [2.05, 4.69) is 5.32 Å². The Bertz CT molecular complexity index is 1160. The highest BCUT2D eigenvalue weighted by atomic mass is 32.2. The maximum atomic E-state index is 13.0. The Labute approximate surface area is 186 Å². The van der Waals surface area contributed by atoms with Gasteiger partial charge in [-0.1, -0.05) is 19.1 Å². The highest BCUT2D eigenvalue weighted by Gasteiger charge is 2.29. The van der Waals surface area contributed by atoms with Crippen LogP contribution in [0.1, 0.15) is 29.8 Å². The molecule has 11 heteroatoms. The Morgan fingerprint density at radius 3 is 2.38 bits per heavy atom.